The SMILES string of the molecule is C1=C[N-]c2c3c(ccc2=C1)=CC=C[N-]3.[Fe+5].[Fe].[Fe].[N-]=[N+]=[N-].[N-]=[N+]=[N-].[NH2-].[NH2-]. The summed E-state index contributed by atoms with van der Waals surface area (Å²) in [5.41, 5.74) is 29.0. The summed E-state index contributed by atoms with van der Waals surface area (Å²) < 4.78 is 0. The van der Waals surface area contributed by atoms with Crippen LogP contribution in [0.3, 0.4) is 0 Å². The Morgan fingerprint density at radius 2 is 0.960 bits per heavy atom. The van der Waals surface area contributed by atoms with E-state index in [1.807, 2.05) is 12.2 Å². The molecule has 25 heavy (non-hydrogen) atoms. The van der Waals surface area contributed by atoms with Crippen LogP contribution in [0.15, 0.2) is 36.7 Å². The van der Waals surface area contributed by atoms with Crippen LogP contribution in [0.25, 0.3) is 67.0 Å². The zero-order chi connectivity index (χ0) is 14.8. The van der Waals surface area contributed by atoms with E-state index in [9.17, 15) is 0 Å². The summed E-state index contributed by atoms with van der Waals surface area (Å²) in [6.45, 7) is 0. The molecule has 0 aromatic heterocycles. The molecular weight excluding hydrogens is 452 g/mol. The van der Waals surface area contributed by atoms with E-state index in [0.29, 0.717) is 0 Å². The van der Waals surface area contributed by atoms with Crippen molar-refractivity contribution in [2.75, 3.05) is 0 Å². The fraction of sp³-hybridized carbons (Fsp3) is 0. The molecule has 2 aliphatic rings. The van der Waals surface area contributed by atoms with Crippen LogP contribution in [0.5, 0.6) is 0 Å². The maximum Gasteiger partial charge on any atom is 5.00 e. The molecule has 0 saturated carbocycles. The third-order valence-electron chi connectivity index (χ3n) is 2.34. The number of rotatable bonds is 0. The number of fused-ring (bicyclic) bond motifs is 3. The first-order chi connectivity index (χ1) is 9.78. The molecule has 135 valence electrons. The van der Waals surface area contributed by atoms with Gasteiger partial charge in [-0.2, -0.15) is 12.4 Å². The molecule has 0 saturated heterocycles. The normalized spacial score (nSPS) is 9.28. The van der Waals surface area contributed by atoms with Gasteiger partial charge in [0.15, 0.2) is 0 Å². The molecule has 13 heteroatoms. The third-order valence-corrected chi connectivity index (χ3v) is 2.34. The summed E-state index contributed by atoms with van der Waals surface area (Å²) in [5, 5.41) is 11.0. The maximum atomic E-state index is 6.75. The minimum atomic E-state index is 0. The van der Waals surface area contributed by atoms with Crippen LogP contribution >= 0.6 is 0 Å². The second-order valence-electron chi connectivity index (χ2n) is 3.39. The standard InChI is InChI=1S/C12H8N2.3Fe.2N3.2H2N/c1-3-9-5-6-10-4-2-8-14-12(10)11(9)13-7-1;;;;2*1-3-2;;/h1-8H;;;;;;2*1H2/q-2;;;+5;4*-1. The van der Waals surface area contributed by atoms with Crippen molar-refractivity contribution in [3.8, 4) is 0 Å². The molecule has 0 atom stereocenters. The van der Waals surface area contributed by atoms with Crippen molar-refractivity contribution in [2.24, 2.45) is 0 Å². The fourth-order valence-electron chi connectivity index (χ4n) is 1.68. The van der Waals surface area contributed by atoms with Gasteiger partial charge in [0.05, 0.1) is 0 Å². The van der Waals surface area contributed by atoms with Crippen LogP contribution in [-0.2, 0) is 51.2 Å². The molecule has 0 fully saturated rings. The monoisotopic (exact) mass is 464 g/mol. The number of hydrogen-bond acceptors (Lipinski definition) is 0. The first kappa shape index (κ1) is 34.5. The molecule has 0 bridgehead atoms. The number of benzene rings is 1. The molecule has 1 radical (unpaired) electrons. The smallest absolute Gasteiger partial charge is 0.693 e. The topological polar surface area (TPSA) is 213 Å². The van der Waals surface area contributed by atoms with E-state index in [1.54, 1.807) is 12.4 Å². The average Bonchev–Trinajstić information content (AvgIpc) is 2.49. The van der Waals surface area contributed by atoms with E-state index in [0.717, 1.165) is 21.8 Å². The number of nitrogens with zero attached hydrogens (tertiary/aromatic N) is 8. The van der Waals surface area contributed by atoms with Gasteiger partial charge in [0.1, 0.15) is 0 Å². The van der Waals surface area contributed by atoms with E-state index in [4.69, 9.17) is 22.1 Å². The first-order valence-electron chi connectivity index (χ1n) is 5.33. The van der Waals surface area contributed by atoms with Crippen molar-refractivity contribution in [1.29, 1.82) is 0 Å². The zero-order valence-electron chi connectivity index (χ0n) is 12.4. The molecule has 4 N–H and O–H groups in total. The number of hydrogen-bond donors (Lipinski definition) is 0. The average molecular weight is 464 g/mol. The number of allylic oxidation sites excluding steroid dienone is 2. The molecule has 2 heterocycles. The second kappa shape index (κ2) is 20.2. The fourth-order valence-corrected chi connectivity index (χ4v) is 1.68. The van der Waals surface area contributed by atoms with Gasteiger partial charge in [0, 0.05) is 34.1 Å². The first-order valence-corrected chi connectivity index (χ1v) is 5.33. The molecule has 0 spiro atoms. The molecule has 3 rings (SSSR count). The summed E-state index contributed by atoms with van der Waals surface area (Å²) in [6, 6.07) is 4.15. The van der Waals surface area contributed by atoms with E-state index >= 15 is 0 Å². The summed E-state index contributed by atoms with van der Waals surface area (Å²) >= 11 is 0. The molecule has 10 nitrogen and oxygen atoms in total. The van der Waals surface area contributed by atoms with Crippen LogP contribution in [-0.4, -0.2) is 0 Å². The Balaban J connectivity index is -0.000000109. The van der Waals surface area contributed by atoms with Crippen LogP contribution in [0.4, 0.5) is 11.4 Å². The summed E-state index contributed by atoms with van der Waals surface area (Å²) in [7, 11) is 0. The van der Waals surface area contributed by atoms with Gasteiger partial charge in [0.2, 0.25) is 0 Å². The predicted octanol–water partition coefficient (Wildman–Crippen LogP) is 5.47. The van der Waals surface area contributed by atoms with E-state index in [2.05, 4.69) is 34.9 Å². The number of nitrogens with two attached hydrogens (primary N) is 2. The Labute approximate surface area is 176 Å². The van der Waals surface area contributed by atoms with Crippen LogP contribution in [0, 0.1) is 0 Å². The van der Waals surface area contributed by atoms with Crippen LogP contribution in [0.2, 0.25) is 0 Å². The molecule has 0 aliphatic carbocycles. The summed E-state index contributed by atoms with van der Waals surface area (Å²) in [4.78, 5) is 3.00. The maximum absolute atomic E-state index is 6.75. The van der Waals surface area contributed by atoms with Crippen molar-refractivity contribution < 1.29 is 51.2 Å². The molecule has 1 aromatic rings. The van der Waals surface area contributed by atoms with Crippen LogP contribution < -0.4 is 10.4 Å². The summed E-state index contributed by atoms with van der Waals surface area (Å²) in [5.74, 6) is 0. The van der Waals surface area contributed by atoms with Gasteiger partial charge >= 0.3 is 17.1 Å². The van der Waals surface area contributed by atoms with Gasteiger partial charge in [-0.15, -0.1) is 11.4 Å². The van der Waals surface area contributed by atoms with Gasteiger partial charge in [-0.25, -0.2) is 0 Å². The van der Waals surface area contributed by atoms with Crippen molar-refractivity contribution in [2.45, 2.75) is 0 Å². The minimum Gasteiger partial charge on any atom is -0.693 e. The second-order valence-corrected chi connectivity index (χ2v) is 3.39. The largest absolute Gasteiger partial charge is 5.00 e. The zero-order valence-corrected chi connectivity index (χ0v) is 15.7. The van der Waals surface area contributed by atoms with Crippen molar-refractivity contribution in [3.63, 3.8) is 0 Å². The van der Waals surface area contributed by atoms with Gasteiger partial charge in [-0.05, 0) is 10.4 Å². The van der Waals surface area contributed by atoms with Crippen molar-refractivity contribution in [1.82, 2.24) is 0 Å². The third kappa shape index (κ3) is 10.6. The van der Waals surface area contributed by atoms with Gasteiger partial charge < -0.3 is 45.1 Å². The van der Waals surface area contributed by atoms with Gasteiger partial charge in [-0.1, -0.05) is 36.4 Å². The van der Waals surface area contributed by atoms with Crippen LogP contribution in [0.1, 0.15) is 0 Å². The van der Waals surface area contributed by atoms with Crippen molar-refractivity contribution in [3.05, 3.63) is 102 Å². The summed E-state index contributed by atoms with van der Waals surface area (Å²) in [6.07, 6.45) is 11.6. The Morgan fingerprint density at radius 3 is 1.24 bits per heavy atom. The Hall–Kier alpha value is -1.86. The Kier molecular flexibility index (Phi) is 27.8. The van der Waals surface area contributed by atoms with Gasteiger partial charge in [0.25, 0.3) is 0 Å². The van der Waals surface area contributed by atoms with E-state index in [-0.39, 0.29) is 63.5 Å². The predicted molar refractivity (Wildman–Crippen MR) is 89.7 cm³/mol. The quantitative estimate of drug-likeness (QED) is 0.202. The molecule has 0 amide bonds. The molecular formula is C12H12Fe3N10-. The molecule has 0 unspecified atom stereocenters. The Morgan fingerprint density at radius 1 is 0.680 bits per heavy atom. The van der Waals surface area contributed by atoms with E-state index in [1.165, 1.54) is 9.82 Å². The van der Waals surface area contributed by atoms with E-state index < -0.39 is 0 Å². The molecule has 1 aromatic carbocycles. The van der Waals surface area contributed by atoms with Crippen molar-refractivity contribution >= 4 is 23.5 Å². The minimum absolute atomic E-state index is 0. The Bertz CT molecular complexity index is 669. The van der Waals surface area contributed by atoms with Gasteiger partial charge in [-0.3, -0.25) is 9.82 Å². The molecule has 2 aliphatic heterocycles.